The molecule has 0 aromatic rings. The van der Waals surface area contributed by atoms with Gasteiger partial charge in [0, 0.05) is 0 Å². The van der Waals surface area contributed by atoms with E-state index in [1.54, 1.807) is 5.47 Å². The summed E-state index contributed by atoms with van der Waals surface area (Å²) in [6.45, 7) is 17.3. The fourth-order valence-electron chi connectivity index (χ4n) is 3.43. The van der Waals surface area contributed by atoms with Crippen LogP contribution in [0.2, 0.25) is 25.4 Å². The predicted octanol–water partition coefficient (Wildman–Crippen LogP) is 5.44. The zero-order valence-corrected chi connectivity index (χ0v) is 16.0. The molecule has 0 bridgehead atoms. The van der Waals surface area contributed by atoms with Crippen molar-refractivity contribution in [1.29, 1.82) is 0 Å². The minimum atomic E-state index is -1.81. The first-order valence-corrected chi connectivity index (χ1v) is 16.7. The van der Waals surface area contributed by atoms with Gasteiger partial charge in [0.1, 0.15) is 0 Å². The average molecular weight is 329 g/mol. The van der Waals surface area contributed by atoms with Gasteiger partial charge in [-0.15, -0.1) is 0 Å². The standard InChI is InChI=1S/C11H22B.3CH3.Sn/c1-9(2)12(10(3,4)5)11(6,7)8;;;;/h1H,2-8H3;3*1H3;. The van der Waals surface area contributed by atoms with Crippen molar-refractivity contribution in [1.82, 2.24) is 0 Å². The number of rotatable bonds is 2. The molecule has 0 aromatic carbocycles. The van der Waals surface area contributed by atoms with E-state index in [1.165, 1.54) is 0 Å². The SMILES string of the molecule is C/C(=[CH]/[Sn]([CH3])([CH3])[CH3])B(C(C)(C)C)C(C)(C)C. The first kappa shape index (κ1) is 16.6. The van der Waals surface area contributed by atoms with Gasteiger partial charge in [-0.2, -0.15) is 0 Å². The van der Waals surface area contributed by atoms with Gasteiger partial charge in [-0.05, 0) is 0 Å². The number of hydrogen-bond donors (Lipinski definition) is 0. The van der Waals surface area contributed by atoms with Crippen LogP contribution in [-0.2, 0) is 0 Å². The molecule has 0 N–H and O–H groups in total. The molecule has 0 atom stereocenters. The normalized spacial score (nSPS) is 15.2. The first-order valence-electron chi connectivity index (χ1n) is 6.44. The summed E-state index contributed by atoms with van der Waals surface area (Å²) in [4.78, 5) is 7.46. The van der Waals surface area contributed by atoms with Crippen molar-refractivity contribution in [3.05, 3.63) is 9.56 Å². The number of allylic oxidation sites excluding steroid dienone is 1. The van der Waals surface area contributed by atoms with Crippen LogP contribution in [0.25, 0.3) is 0 Å². The molecular weight excluding hydrogens is 298 g/mol. The summed E-state index contributed by atoms with van der Waals surface area (Å²) in [5.74, 6) is 0. The van der Waals surface area contributed by atoms with Crippen LogP contribution in [0.15, 0.2) is 9.56 Å². The molecule has 0 rings (SSSR count). The molecule has 0 radical (unpaired) electrons. The van der Waals surface area contributed by atoms with Crippen molar-refractivity contribution in [2.75, 3.05) is 0 Å². The molecule has 16 heavy (non-hydrogen) atoms. The van der Waals surface area contributed by atoms with Crippen molar-refractivity contribution < 1.29 is 0 Å². The molecule has 0 nitrogen and oxygen atoms in total. The quantitative estimate of drug-likeness (QED) is 0.592. The molecule has 0 aliphatic carbocycles. The van der Waals surface area contributed by atoms with E-state index in [2.05, 4.69) is 67.4 Å². The average Bonchev–Trinajstić information content (AvgIpc) is 1.70. The summed E-state index contributed by atoms with van der Waals surface area (Å²) in [7, 11) is 0. The molecule has 0 amide bonds. The van der Waals surface area contributed by atoms with Gasteiger partial charge in [-0.1, -0.05) is 0 Å². The molecule has 0 saturated carbocycles. The molecule has 0 aliphatic rings. The van der Waals surface area contributed by atoms with E-state index in [4.69, 9.17) is 0 Å². The van der Waals surface area contributed by atoms with Crippen LogP contribution in [0.5, 0.6) is 0 Å². The maximum absolute atomic E-state index is 2.65. The topological polar surface area (TPSA) is 0 Å². The van der Waals surface area contributed by atoms with Crippen LogP contribution in [-0.4, -0.2) is 25.1 Å². The second kappa shape index (κ2) is 5.08. The Kier molecular flexibility index (Phi) is 5.27. The summed E-state index contributed by atoms with van der Waals surface area (Å²) in [6.07, 6.45) is 0. The van der Waals surface area contributed by atoms with E-state index >= 15 is 0 Å². The fourth-order valence-corrected chi connectivity index (χ4v) is 7.81. The van der Waals surface area contributed by atoms with E-state index in [1.807, 2.05) is 0 Å². The van der Waals surface area contributed by atoms with Crippen LogP contribution in [0.4, 0.5) is 0 Å². The summed E-state index contributed by atoms with van der Waals surface area (Å²) in [6, 6.07) is 0. The molecule has 0 heterocycles. The summed E-state index contributed by atoms with van der Waals surface area (Å²) < 4.78 is 2.65. The van der Waals surface area contributed by atoms with E-state index < -0.39 is 18.4 Å². The molecule has 0 unspecified atom stereocenters. The van der Waals surface area contributed by atoms with Gasteiger partial charge < -0.3 is 0 Å². The summed E-state index contributed by atoms with van der Waals surface area (Å²) >= 11 is -1.81. The Morgan fingerprint density at radius 3 is 1.38 bits per heavy atom. The predicted molar refractivity (Wildman–Crippen MR) is 82.3 cm³/mol. The van der Waals surface area contributed by atoms with Gasteiger partial charge in [0.25, 0.3) is 0 Å². The third-order valence-electron chi connectivity index (χ3n) is 2.85. The van der Waals surface area contributed by atoms with Crippen molar-refractivity contribution in [2.45, 2.75) is 73.9 Å². The Labute approximate surface area is 108 Å². The Morgan fingerprint density at radius 1 is 0.875 bits per heavy atom. The summed E-state index contributed by atoms with van der Waals surface area (Å²) in [5.41, 5.74) is 1.63. The van der Waals surface area contributed by atoms with E-state index in [0.29, 0.717) is 17.3 Å². The van der Waals surface area contributed by atoms with E-state index in [9.17, 15) is 0 Å². The van der Waals surface area contributed by atoms with E-state index in [0.717, 1.165) is 0 Å². The monoisotopic (exact) mass is 330 g/mol. The Morgan fingerprint density at radius 2 is 1.19 bits per heavy atom. The van der Waals surface area contributed by atoms with E-state index in [-0.39, 0.29) is 0 Å². The van der Waals surface area contributed by atoms with Gasteiger partial charge in [-0.25, -0.2) is 0 Å². The fraction of sp³-hybridized carbons (Fsp3) is 0.857. The first-order chi connectivity index (χ1) is 6.75. The van der Waals surface area contributed by atoms with Gasteiger partial charge >= 0.3 is 109 Å². The van der Waals surface area contributed by atoms with Gasteiger partial charge in [0.15, 0.2) is 0 Å². The van der Waals surface area contributed by atoms with Gasteiger partial charge in [-0.3, -0.25) is 0 Å². The van der Waals surface area contributed by atoms with Crippen LogP contribution >= 0.6 is 0 Å². The third-order valence-corrected chi connectivity index (χ3v) is 6.62. The minimum absolute atomic E-state index is 0.357. The molecule has 0 saturated heterocycles. The third kappa shape index (κ3) is 5.79. The van der Waals surface area contributed by atoms with Gasteiger partial charge in [0.2, 0.25) is 0 Å². The summed E-state index contributed by atoms with van der Waals surface area (Å²) in [5, 5.41) is 0.714. The number of hydrogen-bond acceptors (Lipinski definition) is 0. The Balaban J connectivity index is 5.33. The van der Waals surface area contributed by atoms with Crippen LogP contribution in [0, 0.1) is 0 Å². The van der Waals surface area contributed by atoms with Crippen LogP contribution in [0.1, 0.15) is 48.5 Å². The second-order valence-electron chi connectivity index (χ2n) is 8.42. The Bertz CT molecular complexity index is 244. The van der Waals surface area contributed by atoms with Crippen molar-refractivity contribution >= 4 is 25.1 Å². The van der Waals surface area contributed by atoms with Gasteiger partial charge in [0.05, 0.1) is 0 Å². The van der Waals surface area contributed by atoms with Crippen LogP contribution < -0.4 is 0 Å². The Hall–Kier alpha value is 0.604. The molecule has 0 aliphatic heterocycles. The second-order valence-corrected chi connectivity index (χ2v) is 22.7. The molecule has 94 valence electrons. The molecular formula is C14H31BSn. The van der Waals surface area contributed by atoms with Crippen LogP contribution in [0.3, 0.4) is 0 Å². The molecule has 0 spiro atoms. The zero-order valence-electron chi connectivity index (χ0n) is 13.2. The maximum atomic E-state index is 2.65. The van der Waals surface area contributed by atoms with Crippen molar-refractivity contribution in [2.24, 2.45) is 0 Å². The zero-order chi connectivity index (χ0) is 13.4. The molecule has 2 heteroatoms. The molecule has 0 fully saturated rings. The van der Waals surface area contributed by atoms with Crippen molar-refractivity contribution in [3.8, 4) is 0 Å². The molecule has 0 aromatic heterocycles. The van der Waals surface area contributed by atoms with Crippen molar-refractivity contribution in [3.63, 3.8) is 0 Å².